The molecular weight excluding hydrogens is 1660 g/mol. The number of rotatable bonds is 10. The van der Waals surface area contributed by atoms with Crippen molar-refractivity contribution >= 4 is 121 Å². The molecule has 0 unspecified atom stereocenters. The van der Waals surface area contributed by atoms with Crippen molar-refractivity contribution in [2.45, 2.75) is 128 Å². The molecule has 18 aromatic rings. The van der Waals surface area contributed by atoms with Gasteiger partial charge in [-0.1, -0.05) is 283 Å². The lowest BCUT2D eigenvalue weighted by molar-refractivity contribution is 0.00578. The lowest BCUT2D eigenvalue weighted by Crippen LogP contribution is -2.41. The van der Waals surface area contributed by atoms with Gasteiger partial charge in [0.05, 0.1) is 44.4 Å². The minimum atomic E-state index is -0.476. The Kier molecular flexibility index (Phi) is 18.9. The normalized spacial score (nSPS) is 17.2. The van der Waals surface area contributed by atoms with Gasteiger partial charge < -0.3 is 46.6 Å². The van der Waals surface area contributed by atoms with Gasteiger partial charge in [0.2, 0.25) is 0 Å². The summed E-state index contributed by atoms with van der Waals surface area (Å²) in [5.74, 6) is 0. The predicted molar refractivity (Wildman–Crippen MR) is 536 cm³/mol. The molecule has 25 rings (SSSR count). The van der Waals surface area contributed by atoms with Gasteiger partial charge in [-0.25, -0.2) is 0 Å². The molecule has 2 aromatic heterocycles. The second kappa shape index (κ2) is 30.1. The summed E-state index contributed by atoms with van der Waals surface area (Å²) >= 11 is 3.68. The van der Waals surface area contributed by atoms with E-state index in [-0.39, 0.29) is 22.4 Å². The highest BCUT2D eigenvalue weighted by Crippen LogP contribution is 2.66. The minimum Gasteiger partial charge on any atom is -0.455 e. The Hall–Kier alpha value is -12.8. The monoisotopic (exact) mass is 1760 g/mol. The summed E-state index contributed by atoms with van der Waals surface area (Å²) in [6, 6.07) is 133. The third-order valence-corrected chi connectivity index (χ3v) is 30.2. The number of furan rings is 2. The van der Waals surface area contributed by atoms with Crippen LogP contribution in [0.2, 0.25) is 0 Å². The molecule has 14 heteroatoms. The Morgan fingerprint density at radius 1 is 0.223 bits per heavy atom. The lowest BCUT2D eigenvalue weighted by Gasteiger charge is -2.32. The van der Waals surface area contributed by atoms with Crippen LogP contribution >= 0.6 is 15.9 Å². The van der Waals surface area contributed by atoms with E-state index in [4.69, 9.17) is 36.8 Å². The number of para-hydroxylation sites is 4. The van der Waals surface area contributed by atoms with Crippen LogP contribution in [-0.2, 0) is 38.8 Å². The summed E-state index contributed by atoms with van der Waals surface area (Å²) < 4.78 is 50.7. The zero-order valence-corrected chi connectivity index (χ0v) is 76.5. The van der Waals surface area contributed by atoms with Gasteiger partial charge in [0.15, 0.2) is 0 Å². The van der Waals surface area contributed by atoms with Crippen molar-refractivity contribution in [1.29, 1.82) is 0 Å². The summed E-state index contributed by atoms with van der Waals surface area (Å²) in [6.07, 6.45) is 0. The second-order valence-electron chi connectivity index (χ2n) is 38.5. The molecular formula is C116H96B3BrN2O8. The number of halogens is 1. The van der Waals surface area contributed by atoms with Gasteiger partial charge in [-0.2, -0.15) is 0 Å². The molecule has 0 atom stereocenters. The number of hydrogen-bond acceptors (Lipinski definition) is 10. The molecule has 0 radical (unpaired) electrons. The molecule has 0 bridgehead atoms. The van der Waals surface area contributed by atoms with Crippen LogP contribution in [0.3, 0.4) is 0 Å². The van der Waals surface area contributed by atoms with Crippen LogP contribution in [0.5, 0.6) is 0 Å². The van der Waals surface area contributed by atoms with Crippen molar-refractivity contribution in [3.8, 4) is 66.8 Å². The summed E-state index contributed by atoms with van der Waals surface area (Å²) in [7, 11) is -1.40. The van der Waals surface area contributed by atoms with Gasteiger partial charge in [0.25, 0.3) is 0 Å². The van der Waals surface area contributed by atoms with Gasteiger partial charge in [-0.05, 0) is 286 Å². The summed E-state index contributed by atoms with van der Waals surface area (Å²) in [5.41, 5.74) is 33.3. The van der Waals surface area contributed by atoms with Crippen LogP contribution < -0.4 is 15.3 Å². The molecule has 0 amide bonds. The first-order valence-electron chi connectivity index (χ1n) is 45.2. The highest BCUT2D eigenvalue weighted by Gasteiger charge is 2.64. The molecule has 3 aliphatic heterocycles. The number of fused-ring (bicyclic) bond motifs is 26. The number of benzene rings is 16. The third-order valence-electron chi connectivity index (χ3n) is 29.7. The van der Waals surface area contributed by atoms with Crippen LogP contribution in [0.15, 0.2) is 377 Å². The fourth-order valence-electron chi connectivity index (χ4n) is 21.2. The zero-order chi connectivity index (χ0) is 88.8. The van der Waals surface area contributed by atoms with Crippen molar-refractivity contribution in [3.05, 3.63) is 413 Å². The average Bonchev–Trinajstić information content (AvgIpc) is 1.51. The van der Waals surface area contributed by atoms with Crippen LogP contribution in [0, 0.1) is 0 Å². The van der Waals surface area contributed by atoms with Crippen molar-refractivity contribution in [2.24, 2.45) is 0 Å². The van der Waals surface area contributed by atoms with E-state index >= 15 is 0 Å². The number of anilines is 6. The molecule has 3 fully saturated rings. The van der Waals surface area contributed by atoms with Crippen molar-refractivity contribution in [3.63, 3.8) is 0 Å². The van der Waals surface area contributed by atoms with E-state index in [1.54, 1.807) is 0 Å². The van der Waals surface area contributed by atoms with Crippen molar-refractivity contribution in [1.82, 2.24) is 0 Å². The first kappa shape index (κ1) is 81.6. The SMILES string of the molecule is Brc1ccc(N(c2ccc(-c3cccc4c3oc3ccccc34)cc2)c2ccc3c(c2)C2(c4ccccc4-c4ccccc42)c2ccccc2-3)cc1.CC1(C)OB(B2OC(C)(C)C(C)(C)O2)OC1(C)C.CC1(C)OB(c2ccc(N(c3ccc(-c4cccc5c4oc4ccccc45)cc3)c3ccc4c(c3)C3(c5ccccc5-c5ccccc53)c3ccccc3-4)cc2)OC1(C)C. The fraction of sp³-hybridized carbons (Fsp3) is 0.172. The van der Waals surface area contributed by atoms with Gasteiger partial charge >= 0.3 is 21.1 Å². The second-order valence-corrected chi connectivity index (χ2v) is 39.4. The zero-order valence-electron chi connectivity index (χ0n) is 74.9. The maximum absolute atomic E-state index is 6.47. The van der Waals surface area contributed by atoms with Gasteiger partial charge in [-0.3, -0.25) is 0 Å². The average molecular weight is 1760 g/mol. The molecule has 634 valence electrons. The molecule has 0 N–H and O–H groups in total. The third kappa shape index (κ3) is 12.5. The van der Waals surface area contributed by atoms with Crippen LogP contribution in [0.25, 0.3) is 111 Å². The number of hydrogen-bond donors (Lipinski definition) is 0. The van der Waals surface area contributed by atoms with Crippen LogP contribution in [-0.4, -0.2) is 54.7 Å². The molecule has 5 heterocycles. The van der Waals surface area contributed by atoms with Gasteiger partial charge in [0, 0.05) is 71.3 Å². The summed E-state index contributed by atoms with van der Waals surface area (Å²) in [4.78, 5) is 4.75. The van der Waals surface area contributed by atoms with Crippen molar-refractivity contribution in [2.75, 3.05) is 9.80 Å². The first-order chi connectivity index (χ1) is 62.8. The van der Waals surface area contributed by atoms with E-state index in [0.717, 1.165) is 110 Å². The van der Waals surface area contributed by atoms with Crippen LogP contribution in [0.4, 0.5) is 34.1 Å². The van der Waals surface area contributed by atoms with E-state index in [2.05, 4.69) is 393 Å². The van der Waals surface area contributed by atoms with Gasteiger partial charge in [0.1, 0.15) is 22.3 Å². The molecule has 4 aliphatic carbocycles. The summed E-state index contributed by atoms with van der Waals surface area (Å²) in [5, 5.41) is 4.53. The Balaban J connectivity index is 0.000000125. The van der Waals surface area contributed by atoms with E-state index in [0.29, 0.717) is 0 Å². The Morgan fingerprint density at radius 3 is 0.808 bits per heavy atom. The molecule has 10 nitrogen and oxygen atoms in total. The first-order valence-corrected chi connectivity index (χ1v) is 46.0. The molecule has 7 aliphatic rings. The van der Waals surface area contributed by atoms with E-state index in [9.17, 15) is 0 Å². The fourth-order valence-corrected chi connectivity index (χ4v) is 21.5. The molecule has 2 spiro atoms. The molecule has 0 saturated carbocycles. The lowest BCUT2D eigenvalue weighted by atomic mass is 9.49. The maximum atomic E-state index is 6.47. The summed E-state index contributed by atoms with van der Waals surface area (Å²) in [6.45, 7) is 24.6. The largest absolute Gasteiger partial charge is 0.494 e. The van der Waals surface area contributed by atoms with Crippen molar-refractivity contribution < 1.29 is 36.8 Å². The highest BCUT2D eigenvalue weighted by atomic mass is 79.9. The van der Waals surface area contributed by atoms with E-state index in [1.807, 2.05) is 79.7 Å². The van der Waals surface area contributed by atoms with Crippen LogP contribution in [0.1, 0.15) is 128 Å². The molecule has 130 heavy (non-hydrogen) atoms. The quantitative estimate of drug-likeness (QED) is 0.123. The number of nitrogens with zero attached hydrogens (tertiary/aromatic N) is 2. The Morgan fingerprint density at radius 2 is 0.477 bits per heavy atom. The van der Waals surface area contributed by atoms with E-state index < -0.39 is 43.2 Å². The topological polar surface area (TPSA) is 88.1 Å². The highest BCUT2D eigenvalue weighted by molar-refractivity contribution is 9.10. The van der Waals surface area contributed by atoms with E-state index in [1.165, 1.54) is 89.0 Å². The maximum Gasteiger partial charge on any atom is 0.494 e. The standard InChI is InChI=1S/C55H42BNO3.C49H30BrNO.C12H24B2O4/c1-53(2)54(3,4)60-56(59-53)36-26-30-38(31-27-36)57(37-28-24-35(25-29-37)40-18-13-19-46-45-17-8-12-23-51(45)58-52(40)46)39-32-33-44-43-16-7-11-22-49(43)55(50(44)34-39)47-20-9-5-14-41(47)42-15-6-10-21-48(42)55;50-32-22-26-34(27-23-32)51(33-24-20-31(21-25-33)36-14-9-15-42-41-13-4-8-19-47(41)52-48(36)42)35-28-29-40-39-12-3-7-18-45(39)49(46(40)30-35)43-16-5-1-10-37(43)38-11-2-6-17-44(38)49;1-9(2)10(3,4)16-13(15-9)14-17-11(5,6)12(7,8)18-14/h5-34H,1-4H3;1-30H;1-8H3. The predicted octanol–water partition coefficient (Wildman–Crippen LogP) is 29.4. The molecule has 3 saturated heterocycles. The smallest absolute Gasteiger partial charge is 0.455 e. The minimum absolute atomic E-state index is 0.360. The van der Waals surface area contributed by atoms with Gasteiger partial charge in [-0.15, -0.1) is 0 Å². The Bertz CT molecular complexity index is 7370. The Labute approximate surface area is 768 Å². The molecule has 16 aromatic carbocycles.